The first kappa shape index (κ1) is 17.7. The van der Waals surface area contributed by atoms with Crippen molar-refractivity contribution in [1.82, 2.24) is 20.1 Å². The average molecular weight is 349 g/mol. The fraction of sp³-hybridized carbons (Fsp3) is 0.250. The molecule has 1 N–H and O–H groups in total. The predicted octanol–water partition coefficient (Wildman–Crippen LogP) is 2.52. The third-order valence-electron chi connectivity index (χ3n) is 4.31. The van der Waals surface area contributed by atoms with Crippen LogP contribution in [0.3, 0.4) is 0 Å². The van der Waals surface area contributed by atoms with Gasteiger partial charge in [-0.2, -0.15) is 5.10 Å². The van der Waals surface area contributed by atoms with E-state index in [0.717, 1.165) is 28.9 Å². The number of anilines is 1. The summed E-state index contributed by atoms with van der Waals surface area (Å²) < 4.78 is 1.81. The molecule has 0 radical (unpaired) electrons. The lowest BCUT2D eigenvalue weighted by atomic mass is 10.1. The quantitative estimate of drug-likeness (QED) is 0.743. The van der Waals surface area contributed by atoms with E-state index in [1.165, 1.54) is 0 Å². The summed E-state index contributed by atoms with van der Waals surface area (Å²) in [6.45, 7) is 0.556. The number of benzene rings is 1. The van der Waals surface area contributed by atoms with Gasteiger partial charge in [0.1, 0.15) is 0 Å². The van der Waals surface area contributed by atoms with Gasteiger partial charge in [-0.05, 0) is 29.8 Å². The van der Waals surface area contributed by atoms with Gasteiger partial charge in [-0.1, -0.05) is 12.1 Å². The molecule has 0 saturated heterocycles. The fourth-order valence-corrected chi connectivity index (χ4v) is 2.73. The normalized spacial score (nSPS) is 10.6. The Labute approximate surface area is 153 Å². The second kappa shape index (κ2) is 7.82. The molecule has 6 nitrogen and oxygen atoms in total. The highest BCUT2D eigenvalue weighted by Gasteiger charge is 2.08. The maximum absolute atomic E-state index is 12.4. The molecule has 0 saturated carbocycles. The van der Waals surface area contributed by atoms with Gasteiger partial charge in [-0.3, -0.25) is 14.5 Å². The number of carbonyl (C=O) groups excluding carboxylic acids is 1. The van der Waals surface area contributed by atoms with Gasteiger partial charge in [0.05, 0.1) is 5.56 Å². The van der Waals surface area contributed by atoms with Gasteiger partial charge >= 0.3 is 0 Å². The van der Waals surface area contributed by atoms with Crippen LogP contribution in [0.2, 0.25) is 0 Å². The highest BCUT2D eigenvalue weighted by Crippen LogP contribution is 2.22. The summed E-state index contributed by atoms with van der Waals surface area (Å²) >= 11 is 0. The number of nitrogens with one attached hydrogen (secondary N) is 1. The number of carbonyl (C=O) groups is 1. The molecule has 0 atom stereocenters. The molecule has 3 rings (SSSR count). The molecule has 134 valence electrons. The van der Waals surface area contributed by atoms with Crippen LogP contribution in [0.15, 0.2) is 55.0 Å². The van der Waals surface area contributed by atoms with Crippen LogP contribution in [0.25, 0.3) is 11.1 Å². The zero-order valence-corrected chi connectivity index (χ0v) is 15.3. The van der Waals surface area contributed by atoms with Crippen LogP contribution in [0.4, 0.5) is 5.69 Å². The number of pyridine rings is 1. The number of rotatable bonds is 6. The highest BCUT2D eigenvalue weighted by atomic mass is 16.1. The molecule has 0 spiro atoms. The Morgan fingerprint density at radius 1 is 1.12 bits per heavy atom. The van der Waals surface area contributed by atoms with Crippen molar-refractivity contribution >= 4 is 11.6 Å². The van der Waals surface area contributed by atoms with Crippen LogP contribution in [-0.4, -0.2) is 41.3 Å². The molecule has 0 fully saturated rings. The van der Waals surface area contributed by atoms with Crippen molar-refractivity contribution in [2.75, 3.05) is 25.5 Å². The maximum atomic E-state index is 12.4. The molecule has 1 amide bonds. The molecule has 0 unspecified atom stereocenters. The first-order valence-corrected chi connectivity index (χ1v) is 8.52. The number of hydrogen-bond acceptors (Lipinski definition) is 4. The van der Waals surface area contributed by atoms with E-state index in [-0.39, 0.29) is 5.91 Å². The second-order valence-corrected chi connectivity index (χ2v) is 6.36. The SMILES string of the molecule is CN(C)c1ccc(-c2cncc(C(=O)NCCc3ccnn3C)c2)cc1. The van der Waals surface area contributed by atoms with E-state index in [2.05, 4.69) is 27.5 Å². The molecule has 1 aromatic carbocycles. The molecule has 0 aliphatic heterocycles. The molecule has 0 aliphatic carbocycles. The van der Waals surface area contributed by atoms with Crippen molar-refractivity contribution in [3.05, 3.63) is 66.2 Å². The topological polar surface area (TPSA) is 63.1 Å². The summed E-state index contributed by atoms with van der Waals surface area (Å²) in [6.07, 6.45) is 5.86. The minimum atomic E-state index is -0.119. The molecular weight excluding hydrogens is 326 g/mol. The molecule has 0 aliphatic rings. The van der Waals surface area contributed by atoms with E-state index in [9.17, 15) is 4.79 Å². The number of aromatic nitrogens is 3. The van der Waals surface area contributed by atoms with Crippen LogP contribution in [0.1, 0.15) is 16.1 Å². The number of hydrogen-bond donors (Lipinski definition) is 1. The summed E-state index contributed by atoms with van der Waals surface area (Å²) in [5, 5.41) is 7.07. The second-order valence-electron chi connectivity index (χ2n) is 6.36. The minimum absolute atomic E-state index is 0.119. The Bertz CT molecular complexity index is 883. The van der Waals surface area contributed by atoms with E-state index in [0.29, 0.717) is 12.1 Å². The zero-order valence-electron chi connectivity index (χ0n) is 15.3. The van der Waals surface area contributed by atoms with Crippen molar-refractivity contribution in [1.29, 1.82) is 0 Å². The summed E-state index contributed by atoms with van der Waals surface area (Å²) in [5.74, 6) is -0.119. The van der Waals surface area contributed by atoms with E-state index < -0.39 is 0 Å². The molecule has 0 bridgehead atoms. The zero-order chi connectivity index (χ0) is 18.5. The van der Waals surface area contributed by atoms with Crippen molar-refractivity contribution < 1.29 is 4.79 Å². The fourth-order valence-electron chi connectivity index (χ4n) is 2.73. The van der Waals surface area contributed by atoms with Crippen molar-refractivity contribution in [3.63, 3.8) is 0 Å². The molecule has 3 aromatic rings. The van der Waals surface area contributed by atoms with E-state index >= 15 is 0 Å². The molecular formula is C20H23N5O. The van der Waals surface area contributed by atoms with Gasteiger partial charge in [0.2, 0.25) is 0 Å². The van der Waals surface area contributed by atoms with Crippen molar-refractivity contribution in [2.24, 2.45) is 7.05 Å². The van der Waals surface area contributed by atoms with Crippen LogP contribution < -0.4 is 10.2 Å². The van der Waals surface area contributed by atoms with Crippen molar-refractivity contribution in [3.8, 4) is 11.1 Å². The van der Waals surface area contributed by atoms with Crippen LogP contribution in [0.5, 0.6) is 0 Å². The molecule has 2 heterocycles. The summed E-state index contributed by atoms with van der Waals surface area (Å²) in [5.41, 5.74) is 4.73. The van der Waals surface area contributed by atoms with Crippen LogP contribution in [0, 0.1) is 0 Å². The lowest BCUT2D eigenvalue weighted by Gasteiger charge is -2.13. The lowest BCUT2D eigenvalue weighted by molar-refractivity contribution is 0.0953. The third kappa shape index (κ3) is 4.08. The van der Waals surface area contributed by atoms with E-state index in [4.69, 9.17) is 0 Å². The minimum Gasteiger partial charge on any atom is -0.378 e. The van der Waals surface area contributed by atoms with Crippen LogP contribution in [-0.2, 0) is 13.5 Å². The maximum Gasteiger partial charge on any atom is 0.252 e. The van der Waals surface area contributed by atoms with Gasteiger partial charge in [0, 0.05) is 69.6 Å². The largest absolute Gasteiger partial charge is 0.378 e. The monoisotopic (exact) mass is 349 g/mol. The predicted molar refractivity (Wildman–Crippen MR) is 103 cm³/mol. The summed E-state index contributed by atoms with van der Waals surface area (Å²) in [6, 6.07) is 12.0. The first-order valence-electron chi connectivity index (χ1n) is 8.52. The van der Waals surface area contributed by atoms with Gasteiger partial charge in [-0.15, -0.1) is 0 Å². The summed E-state index contributed by atoms with van der Waals surface area (Å²) in [4.78, 5) is 18.7. The van der Waals surface area contributed by atoms with Crippen LogP contribution >= 0.6 is 0 Å². The lowest BCUT2D eigenvalue weighted by Crippen LogP contribution is -2.26. The van der Waals surface area contributed by atoms with Gasteiger partial charge in [-0.25, -0.2) is 0 Å². The van der Waals surface area contributed by atoms with Gasteiger partial charge < -0.3 is 10.2 Å². The molecule has 6 heteroatoms. The van der Waals surface area contributed by atoms with Crippen molar-refractivity contribution in [2.45, 2.75) is 6.42 Å². The van der Waals surface area contributed by atoms with Gasteiger partial charge in [0.15, 0.2) is 0 Å². The number of aryl methyl sites for hydroxylation is 1. The van der Waals surface area contributed by atoms with Gasteiger partial charge in [0.25, 0.3) is 5.91 Å². The smallest absolute Gasteiger partial charge is 0.252 e. The Morgan fingerprint density at radius 3 is 2.54 bits per heavy atom. The third-order valence-corrected chi connectivity index (χ3v) is 4.31. The van der Waals surface area contributed by atoms with E-state index in [1.807, 2.05) is 55.0 Å². The summed E-state index contributed by atoms with van der Waals surface area (Å²) in [7, 11) is 5.91. The Balaban J connectivity index is 1.66. The standard InChI is InChI=1S/C20H23N5O/c1-24(2)18-6-4-15(5-7-18)16-12-17(14-21-13-16)20(26)22-10-8-19-9-11-23-25(19)3/h4-7,9,11-14H,8,10H2,1-3H3,(H,22,26). The molecule has 26 heavy (non-hydrogen) atoms. The average Bonchev–Trinajstić information content (AvgIpc) is 3.07. The highest BCUT2D eigenvalue weighted by molar-refractivity contribution is 5.95. The first-order chi connectivity index (χ1) is 12.5. The van der Waals surface area contributed by atoms with E-state index in [1.54, 1.807) is 18.6 Å². The molecule has 2 aromatic heterocycles. The Morgan fingerprint density at radius 2 is 1.88 bits per heavy atom. The number of amides is 1. The number of nitrogens with zero attached hydrogens (tertiary/aromatic N) is 4. The Kier molecular flexibility index (Phi) is 5.31. The Hall–Kier alpha value is -3.15.